The third-order valence-electron chi connectivity index (χ3n) is 2.28. The molecule has 13 heavy (non-hydrogen) atoms. The van der Waals surface area contributed by atoms with E-state index in [0.717, 1.165) is 25.9 Å². The summed E-state index contributed by atoms with van der Waals surface area (Å²) in [5.74, 6) is 0. The average molecular weight is 185 g/mol. The van der Waals surface area contributed by atoms with Crippen LogP contribution in [0.1, 0.15) is 26.2 Å². The Morgan fingerprint density at radius 2 is 2.15 bits per heavy atom. The molecule has 1 fully saturated rings. The highest BCUT2D eigenvalue weighted by molar-refractivity contribution is 5.74. The maximum Gasteiger partial charge on any atom is 0.315 e. The minimum absolute atomic E-state index is 0.0254. The first-order chi connectivity index (χ1) is 6.33. The lowest BCUT2D eigenvalue weighted by Crippen LogP contribution is -2.46. The van der Waals surface area contributed by atoms with Crippen LogP contribution in [-0.4, -0.2) is 31.7 Å². The quantitative estimate of drug-likeness (QED) is 0.545. The lowest BCUT2D eigenvalue weighted by Gasteiger charge is -2.26. The summed E-state index contributed by atoms with van der Waals surface area (Å²) < 4.78 is 0. The molecule has 0 saturated heterocycles. The van der Waals surface area contributed by atoms with Crippen LogP contribution in [0.5, 0.6) is 0 Å². The van der Waals surface area contributed by atoms with E-state index in [-0.39, 0.29) is 6.03 Å². The van der Waals surface area contributed by atoms with E-state index in [1.165, 1.54) is 6.42 Å². The Kier molecular flexibility index (Phi) is 4.60. The van der Waals surface area contributed by atoms with E-state index in [4.69, 9.17) is 0 Å². The summed E-state index contributed by atoms with van der Waals surface area (Å²) in [6.07, 6.45) is 3.53. The van der Waals surface area contributed by atoms with Crippen molar-refractivity contribution < 1.29 is 4.79 Å². The molecule has 0 atom stereocenters. The molecule has 0 spiro atoms. The molecule has 76 valence electrons. The normalized spacial score (nSPS) is 16.4. The van der Waals surface area contributed by atoms with Crippen molar-refractivity contribution in [3.05, 3.63) is 0 Å². The summed E-state index contributed by atoms with van der Waals surface area (Å²) in [6.45, 7) is 4.54. The maximum absolute atomic E-state index is 11.2. The van der Waals surface area contributed by atoms with Gasteiger partial charge < -0.3 is 16.0 Å². The van der Waals surface area contributed by atoms with Gasteiger partial charge in [0.2, 0.25) is 0 Å². The highest BCUT2D eigenvalue weighted by atomic mass is 16.2. The van der Waals surface area contributed by atoms with Crippen molar-refractivity contribution in [3.8, 4) is 0 Å². The molecule has 3 N–H and O–H groups in total. The van der Waals surface area contributed by atoms with Gasteiger partial charge in [0.1, 0.15) is 0 Å². The highest BCUT2D eigenvalue weighted by Gasteiger charge is 2.18. The zero-order valence-electron chi connectivity index (χ0n) is 8.23. The molecule has 4 nitrogen and oxygen atoms in total. The van der Waals surface area contributed by atoms with Crippen molar-refractivity contribution in [2.75, 3.05) is 19.6 Å². The van der Waals surface area contributed by atoms with E-state index in [0.29, 0.717) is 12.6 Å². The summed E-state index contributed by atoms with van der Waals surface area (Å²) in [6, 6.07) is 0.404. The van der Waals surface area contributed by atoms with E-state index < -0.39 is 0 Å². The molecule has 0 unspecified atom stereocenters. The fourth-order valence-corrected chi connectivity index (χ4v) is 1.23. The fraction of sp³-hybridized carbons (Fsp3) is 0.889. The van der Waals surface area contributed by atoms with Gasteiger partial charge in [-0.05, 0) is 25.8 Å². The number of urea groups is 1. The number of rotatable bonds is 5. The minimum Gasteiger partial charge on any atom is -0.337 e. The van der Waals surface area contributed by atoms with Gasteiger partial charge in [0.25, 0.3) is 0 Å². The van der Waals surface area contributed by atoms with Crippen molar-refractivity contribution in [1.82, 2.24) is 16.0 Å². The Morgan fingerprint density at radius 1 is 1.38 bits per heavy atom. The Balaban J connectivity index is 1.91. The Morgan fingerprint density at radius 3 is 2.69 bits per heavy atom. The van der Waals surface area contributed by atoms with Crippen LogP contribution in [0.25, 0.3) is 0 Å². The van der Waals surface area contributed by atoms with Crippen LogP contribution in [-0.2, 0) is 0 Å². The Labute approximate surface area is 79.5 Å². The summed E-state index contributed by atoms with van der Waals surface area (Å²) in [7, 11) is 0. The summed E-state index contributed by atoms with van der Waals surface area (Å²) in [5.41, 5.74) is 0. The zero-order valence-corrected chi connectivity index (χ0v) is 8.23. The van der Waals surface area contributed by atoms with Crippen LogP contribution in [0.3, 0.4) is 0 Å². The zero-order chi connectivity index (χ0) is 9.52. The molecule has 0 aromatic heterocycles. The number of carbonyl (C=O) groups is 1. The molecule has 0 radical (unpaired) electrons. The number of carbonyl (C=O) groups excluding carboxylic acids is 1. The average Bonchev–Trinajstić information content (AvgIpc) is 2.06. The van der Waals surface area contributed by atoms with Crippen LogP contribution < -0.4 is 16.0 Å². The molecular weight excluding hydrogens is 166 g/mol. The number of nitrogens with one attached hydrogen (secondary N) is 3. The molecule has 0 aromatic carbocycles. The van der Waals surface area contributed by atoms with Gasteiger partial charge in [-0.25, -0.2) is 4.79 Å². The van der Waals surface area contributed by atoms with Gasteiger partial charge in [0, 0.05) is 19.1 Å². The topological polar surface area (TPSA) is 53.2 Å². The molecule has 2 amide bonds. The second-order valence-electron chi connectivity index (χ2n) is 3.38. The molecule has 1 saturated carbocycles. The lowest BCUT2D eigenvalue weighted by atomic mass is 9.93. The van der Waals surface area contributed by atoms with Crippen LogP contribution in [0, 0.1) is 0 Å². The van der Waals surface area contributed by atoms with Crippen LogP contribution in [0.4, 0.5) is 4.79 Å². The van der Waals surface area contributed by atoms with Crippen molar-refractivity contribution in [2.24, 2.45) is 0 Å². The number of hydrogen-bond donors (Lipinski definition) is 3. The van der Waals surface area contributed by atoms with E-state index in [1.54, 1.807) is 0 Å². The first kappa shape index (κ1) is 10.3. The Bertz CT molecular complexity index is 157. The lowest BCUT2D eigenvalue weighted by molar-refractivity contribution is 0.228. The third-order valence-corrected chi connectivity index (χ3v) is 2.28. The van der Waals surface area contributed by atoms with Gasteiger partial charge in [0.05, 0.1) is 0 Å². The number of amides is 2. The molecular formula is C9H19N3O. The van der Waals surface area contributed by atoms with Crippen molar-refractivity contribution >= 4 is 6.03 Å². The Hall–Kier alpha value is -0.770. The molecule has 0 aromatic rings. The minimum atomic E-state index is -0.0254. The van der Waals surface area contributed by atoms with E-state index in [2.05, 4.69) is 22.9 Å². The van der Waals surface area contributed by atoms with Crippen molar-refractivity contribution in [1.29, 1.82) is 0 Å². The van der Waals surface area contributed by atoms with Gasteiger partial charge in [-0.3, -0.25) is 0 Å². The predicted molar refractivity (Wildman–Crippen MR) is 52.7 cm³/mol. The summed E-state index contributed by atoms with van der Waals surface area (Å²) in [4.78, 5) is 11.2. The summed E-state index contributed by atoms with van der Waals surface area (Å²) in [5, 5.41) is 8.86. The second kappa shape index (κ2) is 5.80. The third kappa shape index (κ3) is 4.12. The smallest absolute Gasteiger partial charge is 0.315 e. The predicted octanol–water partition coefficient (Wildman–Crippen LogP) is 0.448. The number of hydrogen-bond acceptors (Lipinski definition) is 2. The van der Waals surface area contributed by atoms with Crippen molar-refractivity contribution in [2.45, 2.75) is 32.2 Å². The maximum atomic E-state index is 11.2. The van der Waals surface area contributed by atoms with Crippen LogP contribution >= 0.6 is 0 Å². The standard InChI is InChI=1S/C9H19N3O/c1-2-10-6-7-11-9(13)12-8-4-3-5-8/h8,10H,2-7H2,1H3,(H2,11,12,13). The van der Waals surface area contributed by atoms with Gasteiger partial charge in [0.15, 0.2) is 0 Å². The highest BCUT2D eigenvalue weighted by Crippen LogP contribution is 2.17. The largest absolute Gasteiger partial charge is 0.337 e. The van der Waals surface area contributed by atoms with E-state index >= 15 is 0 Å². The first-order valence-electron chi connectivity index (χ1n) is 5.08. The molecule has 1 rings (SSSR count). The number of likely N-dealkylation sites (N-methyl/N-ethyl adjacent to an activating group) is 1. The van der Waals surface area contributed by atoms with Crippen LogP contribution in [0.2, 0.25) is 0 Å². The molecule has 0 bridgehead atoms. The van der Waals surface area contributed by atoms with Gasteiger partial charge in [-0.1, -0.05) is 6.92 Å². The monoisotopic (exact) mass is 185 g/mol. The SMILES string of the molecule is CCNCCNC(=O)NC1CCC1. The van der Waals surface area contributed by atoms with Crippen LogP contribution in [0.15, 0.2) is 0 Å². The molecule has 1 aliphatic rings. The van der Waals surface area contributed by atoms with Gasteiger partial charge >= 0.3 is 6.03 Å². The summed E-state index contributed by atoms with van der Waals surface area (Å²) >= 11 is 0. The first-order valence-corrected chi connectivity index (χ1v) is 5.08. The molecule has 1 aliphatic carbocycles. The van der Waals surface area contributed by atoms with Gasteiger partial charge in [-0.2, -0.15) is 0 Å². The molecule has 0 heterocycles. The van der Waals surface area contributed by atoms with E-state index in [1.807, 2.05) is 0 Å². The molecule has 4 heteroatoms. The molecule has 0 aliphatic heterocycles. The fourth-order valence-electron chi connectivity index (χ4n) is 1.23. The van der Waals surface area contributed by atoms with Crippen molar-refractivity contribution in [3.63, 3.8) is 0 Å². The van der Waals surface area contributed by atoms with Gasteiger partial charge in [-0.15, -0.1) is 0 Å². The van der Waals surface area contributed by atoms with E-state index in [9.17, 15) is 4.79 Å². The second-order valence-corrected chi connectivity index (χ2v) is 3.38.